The van der Waals surface area contributed by atoms with Crippen LogP contribution in [0.2, 0.25) is 0 Å². The molecule has 0 aromatic rings. The van der Waals surface area contributed by atoms with E-state index in [0.717, 1.165) is 5.06 Å². The van der Waals surface area contributed by atoms with Crippen molar-refractivity contribution in [2.75, 3.05) is 18.4 Å². The van der Waals surface area contributed by atoms with E-state index < -0.39 is 7.26 Å². The third-order valence-corrected chi connectivity index (χ3v) is 11.4. The van der Waals surface area contributed by atoms with Gasteiger partial charge in [0, 0.05) is 0 Å². The van der Waals surface area contributed by atoms with Crippen LogP contribution in [-0.2, 0) is 0 Å². The van der Waals surface area contributed by atoms with Crippen LogP contribution in [0.25, 0.3) is 0 Å². The molecule has 0 saturated heterocycles. The molecular formula is C8H21B2P. The molecule has 0 N–H and O–H groups in total. The third-order valence-electron chi connectivity index (χ3n) is 4.31. The Balaban J connectivity index is 2.71. The first-order chi connectivity index (χ1) is 5.14. The summed E-state index contributed by atoms with van der Waals surface area (Å²) in [5.74, 6) is 0. The topological polar surface area (TPSA) is 0 Å². The van der Waals surface area contributed by atoms with Gasteiger partial charge in [-0.2, -0.15) is 0 Å². The van der Waals surface area contributed by atoms with Gasteiger partial charge in [-0.3, -0.25) is 0 Å². The molecule has 1 aliphatic carbocycles. The fourth-order valence-corrected chi connectivity index (χ4v) is 7.99. The molecule has 1 rings (SSSR count). The van der Waals surface area contributed by atoms with Gasteiger partial charge >= 0.3 is 73.1 Å². The van der Waals surface area contributed by atoms with Gasteiger partial charge in [0.25, 0.3) is 0 Å². The van der Waals surface area contributed by atoms with Crippen LogP contribution in [0, 0.1) is 0 Å². The van der Waals surface area contributed by atoms with E-state index in [9.17, 15) is 0 Å². The molecule has 1 aliphatic rings. The molecule has 0 aliphatic heterocycles. The molecule has 11 heavy (non-hydrogen) atoms. The molecule has 64 valence electrons. The minimum atomic E-state index is -0.808. The average Bonchev–Trinajstić information content (AvgIpc) is 2.74. The summed E-state index contributed by atoms with van der Waals surface area (Å²) in [5, 5.41) is 0.852. The second-order valence-corrected chi connectivity index (χ2v) is 10.3. The SMILES string of the molecule is BC[PH](CC)(CC)C1(B)CC1. The van der Waals surface area contributed by atoms with E-state index in [4.69, 9.17) is 0 Å². The zero-order valence-corrected chi connectivity index (χ0v) is 9.54. The average molecular weight is 170 g/mol. The van der Waals surface area contributed by atoms with Crippen molar-refractivity contribution in [1.82, 2.24) is 0 Å². The normalized spacial score (nSPS) is 23.1. The van der Waals surface area contributed by atoms with Gasteiger partial charge in [-0.25, -0.2) is 0 Å². The summed E-state index contributed by atoms with van der Waals surface area (Å²) in [4.78, 5) is 0. The molecule has 0 radical (unpaired) electrons. The maximum absolute atomic E-state index is 2.54. The molecule has 0 bridgehead atoms. The Morgan fingerprint density at radius 2 is 1.73 bits per heavy atom. The predicted octanol–water partition coefficient (Wildman–Crippen LogP) is 0.490. The first-order valence-electron chi connectivity index (χ1n) is 5.14. The molecule has 1 fully saturated rings. The van der Waals surface area contributed by atoms with Crippen molar-refractivity contribution in [2.45, 2.75) is 31.7 Å². The van der Waals surface area contributed by atoms with Crippen molar-refractivity contribution in [1.29, 1.82) is 0 Å². The number of hydrogen-bond acceptors (Lipinski definition) is 0. The Morgan fingerprint density at radius 1 is 1.27 bits per heavy atom. The zero-order valence-electron chi connectivity index (χ0n) is 8.54. The summed E-state index contributed by atoms with van der Waals surface area (Å²) in [6.45, 7) is 4.84. The van der Waals surface area contributed by atoms with Crippen molar-refractivity contribution in [3.05, 3.63) is 0 Å². The third kappa shape index (κ3) is 1.39. The zero-order chi connectivity index (χ0) is 8.54. The molecule has 0 atom stereocenters. The van der Waals surface area contributed by atoms with Crippen LogP contribution < -0.4 is 0 Å². The quantitative estimate of drug-likeness (QED) is 0.425. The van der Waals surface area contributed by atoms with Crippen LogP contribution in [0.15, 0.2) is 0 Å². The van der Waals surface area contributed by atoms with E-state index in [1.54, 1.807) is 0 Å². The van der Waals surface area contributed by atoms with Gasteiger partial charge in [-0.1, -0.05) is 0 Å². The summed E-state index contributed by atoms with van der Waals surface area (Å²) < 4.78 is 0. The molecule has 0 unspecified atom stereocenters. The molecule has 0 amide bonds. The molecular weight excluding hydrogens is 149 g/mol. The van der Waals surface area contributed by atoms with Gasteiger partial charge in [0.1, 0.15) is 0 Å². The van der Waals surface area contributed by atoms with Crippen molar-refractivity contribution in [2.24, 2.45) is 0 Å². The molecule has 0 aromatic carbocycles. The van der Waals surface area contributed by atoms with Crippen LogP contribution in [0.4, 0.5) is 0 Å². The first-order valence-corrected chi connectivity index (χ1v) is 7.76. The summed E-state index contributed by atoms with van der Waals surface area (Å²) in [6, 6.07) is 1.51. The van der Waals surface area contributed by atoms with Crippen LogP contribution in [0.1, 0.15) is 26.7 Å². The van der Waals surface area contributed by atoms with Gasteiger partial charge in [0.2, 0.25) is 0 Å². The van der Waals surface area contributed by atoms with Gasteiger partial charge in [-0.15, -0.1) is 0 Å². The Morgan fingerprint density at radius 3 is 1.82 bits per heavy atom. The maximum atomic E-state index is 2.54. The molecule has 0 nitrogen and oxygen atoms in total. The Labute approximate surface area is 73.7 Å². The van der Waals surface area contributed by atoms with Crippen molar-refractivity contribution in [3.63, 3.8) is 0 Å². The first kappa shape index (κ1) is 9.65. The van der Waals surface area contributed by atoms with E-state index >= 15 is 0 Å². The van der Waals surface area contributed by atoms with Crippen LogP contribution in [0.3, 0.4) is 0 Å². The van der Waals surface area contributed by atoms with Crippen molar-refractivity contribution >= 4 is 23.0 Å². The second-order valence-electron chi connectivity index (χ2n) is 4.40. The summed E-state index contributed by atoms with van der Waals surface area (Å²) in [6.07, 6.45) is 6.09. The van der Waals surface area contributed by atoms with Gasteiger partial charge in [0.05, 0.1) is 0 Å². The minimum absolute atomic E-state index is 0.808. The molecule has 3 heteroatoms. The fraction of sp³-hybridized carbons (Fsp3) is 1.00. The summed E-state index contributed by atoms with van der Waals surface area (Å²) in [5.41, 5.74) is 0. The molecule has 0 heterocycles. The monoisotopic (exact) mass is 170 g/mol. The van der Waals surface area contributed by atoms with Crippen molar-refractivity contribution < 1.29 is 0 Å². The Hall–Kier alpha value is 0.560. The predicted molar refractivity (Wildman–Crippen MR) is 63.3 cm³/mol. The molecule has 1 saturated carbocycles. The molecule has 0 aromatic heterocycles. The Kier molecular flexibility index (Phi) is 2.74. The van der Waals surface area contributed by atoms with Gasteiger partial charge < -0.3 is 0 Å². The van der Waals surface area contributed by atoms with Crippen LogP contribution in [0.5, 0.6) is 0 Å². The number of rotatable bonds is 4. The summed E-state index contributed by atoms with van der Waals surface area (Å²) in [7, 11) is 4.15. The molecule has 0 spiro atoms. The van der Waals surface area contributed by atoms with E-state index in [-0.39, 0.29) is 0 Å². The summed E-state index contributed by atoms with van der Waals surface area (Å²) >= 11 is 0. The van der Waals surface area contributed by atoms with Crippen molar-refractivity contribution in [3.8, 4) is 0 Å². The van der Waals surface area contributed by atoms with Crippen LogP contribution in [-0.4, -0.2) is 39.1 Å². The van der Waals surface area contributed by atoms with Gasteiger partial charge in [0.15, 0.2) is 0 Å². The van der Waals surface area contributed by atoms with E-state index in [0.29, 0.717) is 0 Å². The fourth-order valence-electron chi connectivity index (χ4n) is 2.75. The number of hydrogen-bond donors (Lipinski definition) is 0. The Bertz CT molecular complexity index is 131. The second kappa shape index (κ2) is 3.13. The van der Waals surface area contributed by atoms with E-state index in [1.807, 2.05) is 0 Å². The van der Waals surface area contributed by atoms with E-state index in [2.05, 4.69) is 29.5 Å². The van der Waals surface area contributed by atoms with Gasteiger partial charge in [-0.05, 0) is 0 Å². The van der Waals surface area contributed by atoms with E-state index in [1.165, 1.54) is 31.2 Å². The standard InChI is InChI=1S/C8H21B2P/c1-3-11(4-2,7-9)8(10)5-6-8/h11H,3-7,9-10H2,1-2H3. The van der Waals surface area contributed by atoms with Crippen LogP contribution >= 0.6 is 7.26 Å².